The Morgan fingerprint density at radius 2 is 2.54 bits per heavy atom. The summed E-state index contributed by atoms with van der Waals surface area (Å²) in [7, 11) is 0. The maximum absolute atomic E-state index is 7.38. The van der Waals surface area contributed by atoms with E-state index >= 15 is 0 Å². The lowest BCUT2D eigenvalue weighted by Crippen LogP contribution is -2.19. The van der Waals surface area contributed by atoms with E-state index in [1.54, 1.807) is 6.33 Å². The standard InChI is InChI=1S/C9H14N4/c1-6-3-2-4-13-5-12-7(8(6)13)9(10)11/h5-6H,2-4H2,1H3,(H3,10,11). The molecular weight excluding hydrogens is 164 g/mol. The predicted octanol–water partition coefficient (Wildman–Crippen LogP) is 1.06. The third-order valence-corrected chi connectivity index (χ3v) is 2.64. The maximum atomic E-state index is 7.38. The molecule has 1 atom stereocenters. The summed E-state index contributed by atoms with van der Waals surface area (Å²) >= 11 is 0. The van der Waals surface area contributed by atoms with Crippen molar-refractivity contribution in [1.82, 2.24) is 9.55 Å². The van der Waals surface area contributed by atoms with Gasteiger partial charge in [-0.25, -0.2) is 4.98 Å². The zero-order valence-corrected chi connectivity index (χ0v) is 7.75. The number of imidazole rings is 1. The molecule has 1 aliphatic rings. The second-order valence-electron chi connectivity index (χ2n) is 3.63. The van der Waals surface area contributed by atoms with Gasteiger partial charge in [0, 0.05) is 6.54 Å². The Kier molecular flexibility index (Phi) is 1.83. The first-order chi connectivity index (χ1) is 6.20. The number of nitrogens with zero attached hydrogens (tertiary/aromatic N) is 2. The smallest absolute Gasteiger partial charge is 0.143 e. The fourth-order valence-corrected chi connectivity index (χ4v) is 2.00. The summed E-state index contributed by atoms with van der Waals surface area (Å²) < 4.78 is 2.12. The summed E-state index contributed by atoms with van der Waals surface area (Å²) in [6.45, 7) is 3.18. The third-order valence-electron chi connectivity index (χ3n) is 2.64. The van der Waals surface area contributed by atoms with Crippen molar-refractivity contribution in [3.63, 3.8) is 0 Å². The lowest BCUT2D eigenvalue weighted by molar-refractivity contribution is 0.474. The number of rotatable bonds is 1. The summed E-state index contributed by atoms with van der Waals surface area (Å²) in [5, 5.41) is 7.38. The number of fused-ring (bicyclic) bond motifs is 1. The van der Waals surface area contributed by atoms with Gasteiger partial charge in [0.25, 0.3) is 0 Å². The number of nitrogens with one attached hydrogen (secondary N) is 1. The first-order valence-corrected chi connectivity index (χ1v) is 4.59. The zero-order chi connectivity index (χ0) is 9.42. The Hall–Kier alpha value is -1.32. The van der Waals surface area contributed by atoms with Crippen LogP contribution in [0.1, 0.15) is 37.1 Å². The number of nitrogen functional groups attached to an aromatic ring is 1. The maximum Gasteiger partial charge on any atom is 0.143 e. The minimum absolute atomic E-state index is 0.0856. The molecule has 0 saturated heterocycles. The first-order valence-electron chi connectivity index (χ1n) is 4.59. The molecule has 1 aromatic rings. The van der Waals surface area contributed by atoms with Gasteiger partial charge in [-0.2, -0.15) is 0 Å². The van der Waals surface area contributed by atoms with Crippen LogP contribution in [0, 0.1) is 5.41 Å². The highest BCUT2D eigenvalue weighted by molar-refractivity contribution is 5.94. The molecule has 1 aromatic heterocycles. The molecule has 0 amide bonds. The van der Waals surface area contributed by atoms with E-state index in [0.29, 0.717) is 11.6 Å². The molecule has 0 aromatic carbocycles. The zero-order valence-electron chi connectivity index (χ0n) is 7.75. The lowest BCUT2D eigenvalue weighted by atomic mass is 9.96. The van der Waals surface area contributed by atoms with Gasteiger partial charge in [0.15, 0.2) is 0 Å². The molecule has 0 fully saturated rings. The van der Waals surface area contributed by atoms with Gasteiger partial charge in [-0.05, 0) is 18.8 Å². The number of nitrogens with two attached hydrogens (primary N) is 1. The third kappa shape index (κ3) is 1.22. The van der Waals surface area contributed by atoms with Crippen LogP contribution in [0.25, 0.3) is 0 Å². The van der Waals surface area contributed by atoms with Crippen LogP contribution in [0.4, 0.5) is 0 Å². The molecule has 0 spiro atoms. The Bertz CT molecular complexity index is 339. The molecule has 4 heteroatoms. The fraction of sp³-hybridized carbons (Fsp3) is 0.556. The molecule has 0 aliphatic carbocycles. The SMILES string of the molecule is CC1CCCn2cnc(C(=N)N)c21. The summed E-state index contributed by atoms with van der Waals surface area (Å²) in [5.74, 6) is 0.567. The molecule has 1 aliphatic heterocycles. The highest BCUT2D eigenvalue weighted by atomic mass is 15.1. The van der Waals surface area contributed by atoms with E-state index in [1.807, 2.05) is 0 Å². The number of aryl methyl sites for hydroxylation is 1. The molecular formula is C9H14N4. The predicted molar refractivity (Wildman–Crippen MR) is 50.9 cm³/mol. The molecule has 2 rings (SSSR count). The van der Waals surface area contributed by atoms with Gasteiger partial charge in [0.05, 0.1) is 12.0 Å². The number of aromatic nitrogens is 2. The van der Waals surface area contributed by atoms with Gasteiger partial charge in [-0.3, -0.25) is 5.41 Å². The van der Waals surface area contributed by atoms with Crippen LogP contribution in [-0.2, 0) is 6.54 Å². The lowest BCUT2D eigenvalue weighted by Gasteiger charge is -2.21. The van der Waals surface area contributed by atoms with E-state index in [2.05, 4.69) is 16.5 Å². The van der Waals surface area contributed by atoms with Gasteiger partial charge < -0.3 is 10.3 Å². The Morgan fingerprint density at radius 1 is 1.77 bits per heavy atom. The van der Waals surface area contributed by atoms with Gasteiger partial charge in [0.2, 0.25) is 0 Å². The number of hydrogen-bond donors (Lipinski definition) is 2. The first kappa shape index (κ1) is 8.29. The van der Waals surface area contributed by atoms with E-state index in [-0.39, 0.29) is 5.84 Å². The van der Waals surface area contributed by atoms with E-state index in [4.69, 9.17) is 11.1 Å². The van der Waals surface area contributed by atoms with Crippen molar-refractivity contribution < 1.29 is 0 Å². The summed E-state index contributed by atoms with van der Waals surface area (Å²) in [5.41, 5.74) is 7.26. The van der Waals surface area contributed by atoms with E-state index in [9.17, 15) is 0 Å². The van der Waals surface area contributed by atoms with Gasteiger partial charge in [-0.15, -0.1) is 0 Å². The van der Waals surface area contributed by atoms with Crippen LogP contribution >= 0.6 is 0 Å². The average molecular weight is 178 g/mol. The normalized spacial score (nSPS) is 21.2. The molecule has 1 unspecified atom stereocenters. The van der Waals surface area contributed by atoms with Crippen molar-refractivity contribution in [1.29, 1.82) is 5.41 Å². The summed E-state index contributed by atoms with van der Waals surface area (Å²) in [4.78, 5) is 4.16. The van der Waals surface area contributed by atoms with Crippen LogP contribution in [0.2, 0.25) is 0 Å². The summed E-state index contributed by atoms with van der Waals surface area (Å²) in [6.07, 6.45) is 4.16. The number of hydrogen-bond acceptors (Lipinski definition) is 2. The summed E-state index contributed by atoms with van der Waals surface area (Å²) in [6, 6.07) is 0. The van der Waals surface area contributed by atoms with Gasteiger partial charge in [0.1, 0.15) is 11.5 Å². The Balaban J connectivity index is 2.50. The molecule has 0 saturated carbocycles. The van der Waals surface area contributed by atoms with Crippen molar-refractivity contribution in [2.24, 2.45) is 5.73 Å². The van der Waals surface area contributed by atoms with E-state index < -0.39 is 0 Å². The molecule has 3 N–H and O–H groups in total. The topological polar surface area (TPSA) is 67.7 Å². The Labute approximate surface area is 77.3 Å². The second kappa shape index (κ2) is 2.87. The molecule has 4 nitrogen and oxygen atoms in total. The quantitative estimate of drug-likeness (QED) is 0.499. The van der Waals surface area contributed by atoms with Crippen LogP contribution in [-0.4, -0.2) is 15.4 Å². The van der Waals surface area contributed by atoms with Gasteiger partial charge in [-0.1, -0.05) is 6.92 Å². The molecule has 2 heterocycles. The van der Waals surface area contributed by atoms with Crippen molar-refractivity contribution >= 4 is 5.84 Å². The molecule has 0 radical (unpaired) electrons. The van der Waals surface area contributed by atoms with Gasteiger partial charge >= 0.3 is 0 Å². The molecule has 13 heavy (non-hydrogen) atoms. The molecule has 70 valence electrons. The highest BCUT2D eigenvalue weighted by Crippen LogP contribution is 2.28. The number of amidine groups is 1. The Morgan fingerprint density at radius 3 is 3.23 bits per heavy atom. The molecule has 0 bridgehead atoms. The second-order valence-corrected chi connectivity index (χ2v) is 3.63. The highest BCUT2D eigenvalue weighted by Gasteiger charge is 2.22. The largest absolute Gasteiger partial charge is 0.382 e. The monoisotopic (exact) mass is 178 g/mol. The average Bonchev–Trinajstić information content (AvgIpc) is 2.49. The van der Waals surface area contributed by atoms with Crippen LogP contribution in [0.5, 0.6) is 0 Å². The van der Waals surface area contributed by atoms with Crippen LogP contribution in [0.3, 0.4) is 0 Å². The van der Waals surface area contributed by atoms with Crippen molar-refractivity contribution in [3.8, 4) is 0 Å². The minimum Gasteiger partial charge on any atom is -0.382 e. The van der Waals surface area contributed by atoms with Crippen LogP contribution in [0.15, 0.2) is 6.33 Å². The van der Waals surface area contributed by atoms with Crippen LogP contribution < -0.4 is 5.73 Å². The minimum atomic E-state index is 0.0856. The van der Waals surface area contributed by atoms with E-state index in [1.165, 1.54) is 12.8 Å². The fourth-order valence-electron chi connectivity index (χ4n) is 2.00. The van der Waals surface area contributed by atoms with Crippen molar-refractivity contribution in [3.05, 3.63) is 17.7 Å². The van der Waals surface area contributed by atoms with Crippen molar-refractivity contribution in [2.75, 3.05) is 0 Å². The van der Waals surface area contributed by atoms with E-state index in [0.717, 1.165) is 12.2 Å². The van der Waals surface area contributed by atoms with Crippen molar-refractivity contribution in [2.45, 2.75) is 32.2 Å².